The van der Waals surface area contributed by atoms with E-state index in [2.05, 4.69) is 24.0 Å². The third kappa shape index (κ3) is 5.82. The van der Waals surface area contributed by atoms with E-state index in [1.807, 2.05) is 24.3 Å². The molecule has 0 aliphatic rings. The zero-order chi connectivity index (χ0) is 21.5. The first-order chi connectivity index (χ1) is 14.4. The topological polar surface area (TPSA) is 83.0 Å². The summed E-state index contributed by atoms with van der Waals surface area (Å²) >= 11 is 1.43. The fourth-order valence-electron chi connectivity index (χ4n) is 2.78. The highest BCUT2D eigenvalue weighted by Gasteiger charge is 2.12. The lowest BCUT2D eigenvalue weighted by Crippen LogP contribution is -2.16. The van der Waals surface area contributed by atoms with Crippen molar-refractivity contribution in [3.63, 3.8) is 0 Å². The summed E-state index contributed by atoms with van der Waals surface area (Å²) in [5.41, 5.74) is 1.77. The number of rotatable bonds is 10. The van der Waals surface area contributed by atoms with Crippen LogP contribution in [0.15, 0.2) is 53.7 Å². The smallest absolute Gasteiger partial charge is 0.209 e. The molecule has 158 valence electrons. The lowest BCUT2D eigenvalue weighted by Gasteiger charge is -2.09. The molecule has 0 radical (unpaired) electrons. The molecular weight excluding hydrogens is 403 g/mol. The highest BCUT2D eigenvalue weighted by molar-refractivity contribution is 7.99. The first-order valence-corrected chi connectivity index (χ1v) is 10.8. The van der Waals surface area contributed by atoms with Crippen LogP contribution in [0.2, 0.25) is 0 Å². The Bertz CT molecular complexity index is 972. The Labute approximate surface area is 179 Å². The monoisotopic (exact) mass is 428 g/mol. The van der Waals surface area contributed by atoms with Crippen LogP contribution in [0.25, 0.3) is 0 Å². The fourth-order valence-corrected chi connectivity index (χ4v) is 3.59. The van der Waals surface area contributed by atoms with Gasteiger partial charge < -0.3 is 10.6 Å². The average molecular weight is 429 g/mol. The Morgan fingerprint density at radius 3 is 2.50 bits per heavy atom. The molecule has 3 aromatic rings. The van der Waals surface area contributed by atoms with E-state index in [4.69, 9.17) is 10.6 Å². The molecule has 30 heavy (non-hydrogen) atoms. The molecule has 6 nitrogen and oxygen atoms in total. The highest BCUT2D eigenvalue weighted by Crippen LogP contribution is 2.21. The van der Waals surface area contributed by atoms with Crippen molar-refractivity contribution in [1.29, 1.82) is 0 Å². The number of ether oxygens (including phenoxy) is 1. The van der Waals surface area contributed by atoms with E-state index in [0.717, 1.165) is 5.75 Å². The lowest BCUT2D eigenvalue weighted by atomic mass is 10.0. The number of aromatic nitrogens is 3. The predicted molar refractivity (Wildman–Crippen MR) is 116 cm³/mol. The number of ketones is 1. The summed E-state index contributed by atoms with van der Waals surface area (Å²) < 4.78 is 20.1. The average Bonchev–Trinajstić information content (AvgIpc) is 3.09. The van der Waals surface area contributed by atoms with Crippen LogP contribution in [-0.2, 0) is 6.61 Å². The third-order valence-electron chi connectivity index (χ3n) is 4.60. The van der Waals surface area contributed by atoms with Crippen molar-refractivity contribution in [2.24, 2.45) is 0 Å². The van der Waals surface area contributed by atoms with E-state index in [1.54, 1.807) is 0 Å². The number of carbonyl (C=O) groups excluding carboxylic acids is 1. The van der Waals surface area contributed by atoms with E-state index in [0.29, 0.717) is 41.1 Å². The number of hydrogen-bond acceptors (Lipinski definition) is 6. The maximum Gasteiger partial charge on any atom is 0.209 e. The zero-order valence-corrected chi connectivity index (χ0v) is 17.9. The third-order valence-corrected chi connectivity index (χ3v) is 5.62. The number of Topliss-reactive ketones (excluding diaryl/α,β-unsaturated/α-hetero) is 1. The Hall–Kier alpha value is -2.87. The van der Waals surface area contributed by atoms with Crippen molar-refractivity contribution < 1.29 is 13.9 Å². The van der Waals surface area contributed by atoms with Gasteiger partial charge in [0.1, 0.15) is 18.2 Å². The van der Waals surface area contributed by atoms with E-state index in [-0.39, 0.29) is 18.2 Å². The van der Waals surface area contributed by atoms with Gasteiger partial charge in [-0.15, -0.1) is 10.2 Å². The summed E-state index contributed by atoms with van der Waals surface area (Å²) in [7, 11) is 0. The molecule has 0 bridgehead atoms. The number of thioether (sulfide) groups is 1. The number of halogens is 1. The molecule has 0 unspecified atom stereocenters. The molecule has 0 spiro atoms. The van der Waals surface area contributed by atoms with Crippen molar-refractivity contribution >= 4 is 17.5 Å². The summed E-state index contributed by atoms with van der Waals surface area (Å²) in [6.45, 7) is 4.50. The van der Waals surface area contributed by atoms with Gasteiger partial charge in [0.25, 0.3) is 0 Å². The molecule has 1 aromatic heterocycles. The normalized spacial score (nSPS) is 11.1. The predicted octanol–water partition coefficient (Wildman–Crippen LogP) is 4.59. The summed E-state index contributed by atoms with van der Waals surface area (Å²) in [6, 6.07) is 13.5. The van der Waals surface area contributed by atoms with E-state index < -0.39 is 0 Å². The van der Waals surface area contributed by atoms with Crippen LogP contribution >= 0.6 is 11.8 Å². The van der Waals surface area contributed by atoms with Crippen molar-refractivity contribution in [2.45, 2.75) is 44.4 Å². The van der Waals surface area contributed by atoms with Crippen LogP contribution in [0, 0.1) is 5.82 Å². The van der Waals surface area contributed by atoms with E-state index in [1.165, 1.54) is 46.3 Å². The first kappa shape index (κ1) is 21.8. The van der Waals surface area contributed by atoms with Gasteiger partial charge in [0.05, 0.1) is 0 Å². The molecule has 0 atom stereocenters. The van der Waals surface area contributed by atoms with Gasteiger partial charge in [-0.3, -0.25) is 4.79 Å². The first-order valence-electron chi connectivity index (χ1n) is 9.77. The Balaban J connectivity index is 1.44. The molecule has 8 heteroatoms. The summed E-state index contributed by atoms with van der Waals surface area (Å²) in [6.07, 6.45) is 1.03. The van der Waals surface area contributed by atoms with Gasteiger partial charge in [-0.2, -0.15) is 0 Å². The van der Waals surface area contributed by atoms with Gasteiger partial charge in [-0.25, -0.2) is 9.07 Å². The number of nitrogens with two attached hydrogens (primary N) is 1. The molecule has 3 rings (SSSR count). The van der Waals surface area contributed by atoms with Crippen molar-refractivity contribution in [3.8, 4) is 5.75 Å². The minimum atomic E-state index is -0.350. The van der Waals surface area contributed by atoms with Crippen molar-refractivity contribution in [1.82, 2.24) is 14.9 Å². The van der Waals surface area contributed by atoms with Crippen LogP contribution in [0.5, 0.6) is 5.75 Å². The summed E-state index contributed by atoms with van der Waals surface area (Å²) in [4.78, 5) is 12.1. The standard InChI is InChI=1S/C22H25FN4O2S/c1-15(2)16-7-11-19(12-8-16)29-14-21-25-26-22(27(21)24)30-13-3-4-20(28)17-5-9-18(23)10-6-17/h5-12,15H,3-4,13-14,24H2,1-2H3. The second kappa shape index (κ2) is 10.2. The molecule has 0 aliphatic carbocycles. The number of nitrogen functional groups attached to an aromatic ring is 1. The largest absolute Gasteiger partial charge is 0.486 e. The van der Waals surface area contributed by atoms with Gasteiger partial charge in [-0.1, -0.05) is 37.7 Å². The quantitative estimate of drug-likeness (QED) is 0.220. The molecule has 2 N–H and O–H groups in total. The number of carbonyl (C=O) groups is 1. The minimum absolute atomic E-state index is 0.0117. The van der Waals surface area contributed by atoms with Crippen LogP contribution in [0.3, 0.4) is 0 Å². The molecule has 0 fully saturated rings. The Morgan fingerprint density at radius 1 is 1.13 bits per heavy atom. The zero-order valence-electron chi connectivity index (χ0n) is 17.0. The van der Waals surface area contributed by atoms with Gasteiger partial charge in [0, 0.05) is 17.7 Å². The molecule has 0 saturated carbocycles. The van der Waals surface area contributed by atoms with Gasteiger partial charge in [-0.05, 0) is 54.3 Å². The molecule has 2 aromatic carbocycles. The minimum Gasteiger partial charge on any atom is -0.486 e. The highest BCUT2D eigenvalue weighted by atomic mass is 32.2. The summed E-state index contributed by atoms with van der Waals surface area (Å²) in [5, 5.41) is 8.75. The SMILES string of the molecule is CC(C)c1ccc(OCc2nnc(SCCCC(=O)c3ccc(F)cc3)n2N)cc1. The van der Waals surface area contributed by atoms with Gasteiger partial charge >= 0.3 is 0 Å². The van der Waals surface area contributed by atoms with E-state index >= 15 is 0 Å². The maximum atomic E-state index is 12.9. The number of benzene rings is 2. The maximum absolute atomic E-state index is 12.9. The second-order valence-electron chi connectivity index (χ2n) is 7.16. The Morgan fingerprint density at radius 2 is 1.83 bits per heavy atom. The summed E-state index contributed by atoms with van der Waals surface area (Å²) in [5.74, 6) is 8.11. The fraction of sp³-hybridized carbons (Fsp3) is 0.318. The van der Waals surface area contributed by atoms with Crippen LogP contribution in [-0.4, -0.2) is 26.4 Å². The van der Waals surface area contributed by atoms with E-state index in [9.17, 15) is 9.18 Å². The molecule has 0 amide bonds. The number of hydrogen-bond donors (Lipinski definition) is 1. The molecule has 1 heterocycles. The Kier molecular flexibility index (Phi) is 7.46. The van der Waals surface area contributed by atoms with Crippen LogP contribution in [0.4, 0.5) is 4.39 Å². The number of nitrogens with zero attached hydrogens (tertiary/aromatic N) is 3. The van der Waals surface area contributed by atoms with Crippen LogP contribution in [0.1, 0.15) is 54.4 Å². The van der Waals surface area contributed by atoms with Gasteiger partial charge in [0.15, 0.2) is 11.6 Å². The molecule has 0 saturated heterocycles. The molecule has 0 aliphatic heterocycles. The van der Waals surface area contributed by atoms with Gasteiger partial charge in [0.2, 0.25) is 5.16 Å². The molecular formula is C22H25FN4O2S. The second-order valence-corrected chi connectivity index (χ2v) is 8.23. The lowest BCUT2D eigenvalue weighted by molar-refractivity contribution is 0.0982. The van der Waals surface area contributed by atoms with Crippen LogP contribution < -0.4 is 10.6 Å². The van der Waals surface area contributed by atoms with Crippen molar-refractivity contribution in [3.05, 3.63) is 71.3 Å². The van der Waals surface area contributed by atoms with Crippen molar-refractivity contribution in [2.75, 3.05) is 11.6 Å².